The van der Waals surface area contributed by atoms with E-state index in [1.165, 1.54) is 11.9 Å². The molecule has 0 radical (unpaired) electrons. The first kappa shape index (κ1) is 20.0. The normalized spacial score (nSPS) is 18.4. The Balaban J connectivity index is 1.86. The predicted octanol–water partition coefficient (Wildman–Crippen LogP) is 2.02. The van der Waals surface area contributed by atoms with Gasteiger partial charge in [-0.3, -0.25) is 4.99 Å². The lowest BCUT2D eigenvalue weighted by atomic mass is 10.3. The van der Waals surface area contributed by atoms with Gasteiger partial charge in [0.05, 0.1) is 5.75 Å². The smallest absolute Gasteiger partial charge is 0.191 e. The van der Waals surface area contributed by atoms with E-state index < -0.39 is 9.84 Å². The molecule has 2 N–H and O–H groups in total. The molecule has 1 saturated heterocycles. The summed E-state index contributed by atoms with van der Waals surface area (Å²) in [5.41, 5.74) is 1.22. The maximum atomic E-state index is 11.2. The van der Waals surface area contributed by atoms with Crippen LogP contribution in [-0.4, -0.2) is 58.6 Å². The molecule has 8 heteroatoms. The number of halogens is 1. The minimum absolute atomic E-state index is 0.177. The van der Waals surface area contributed by atoms with Gasteiger partial charge >= 0.3 is 0 Å². The summed E-state index contributed by atoms with van der Waals surface area (Å²) in [6, 6.07) is 8.69. The highest BCUT2D eigenvalue weighted by Crippen LogP contribution is 2.22. The van der Waals surface area contributed by atoms with Crippen molar-refractivity contribution in [3.63, 3.8) is 0 Å². The fraction of sp³-hybridized carbons (Fsp3) is 0.588. The standard InChI is InChI=1S/C17H27BrN4O2S/c1-3-19-17(20-10-4-12-25(2,23)24)21-15-9-11-22(13-15)16-7-5-14(18)6-8-16/h5-8,15H,3-4,9-13H2,1-2H3,(H2,19,20,21). The first-order valence-corrected chi connectivity index (χ1v) is 11.5. The van der Waals surface area contributed by atoms with Gasteiger partial charge in [0, 0.05) is 48.6 Å². The van der Waals surface area contributed by atoms with Crippen LogP contribution in [0.4, 0.5) is 5.69 Å². The Bertz CT molecular complexity index is 676. The van der Waals surface area contributed by atoms with Crippen molar-refractivity contribution in [2.75, 3.05) is 43.1 Å². The summed E-state index contributed by atoms with van der Waals surface area (Å²) in [6.07, 6.45) is 2.85. The van der Waals surface area contributed by atoms with Crippen molar-refractivity contribution >= 4 is 37.4 Å². The van der Waals surface area contributed by atoms with Crippen molar-refractivity contribution in [1.29, 1.82) is 0 Å². The van der Waals surface area contributed by atoms with Gasteiger partial charge in [-0.05, 0) is 44.0 Å². The third kappa shape index (κ3) is 7.23. The molecule has 2 rings (SSSR count). The van der Waals surface area contributed by atoms with E-state index in [0.717, 1.165) is 36.5 Å². The van der Waals surface area contributed by atoms with Gasteiger partial charge in [-0.2, -0.15) is 0 Å². The quantitative estimate of drug-likeness (QED) is 0.393. The summed E-state index contributed by atoms with van der Waals surface area (Å²) in [4.78, 5) is 6.85. The average molecular weight is 431 g/mol. The molecule has 0 bridgehead atoms. The summed E-state index contributed by atoms with van der Waals surface area (Å²) < 4.78 is 23.5. The second-order valence-electron chi connectivity index (χ2n) is 6.30. The fourth-order valence-electron chi connectivity index (χ4n) is 2.80. The van der Waals surface area contributed by atoms with E-state index in [4.69, 9.17) is 0 Å². The van der Waals surface area contributed by atoms with E-state index in [-0.39, 0.29) is 5.75 Å². The molecule has 1 fully saturated rings. The number of anilines is 1. The minimum Gasteiger partial charge on any atom is -0.369 e. The SMILES string of the molecule is CCNC(=NCCCS(C)(=O)=O)NC1CCN(c2ccc(Br)cc2)C1. The second kappa shape index (κ2) is 9.43. The van der Waals surface area contributed by atoms with Crippen LogP contribution < -0.4 is 15.5 Å². The molecular formula is C17H27BrN4O2S. The summed E-state index contributed by atoms with van der Waals surface area (Å²) in [5, 5.41) is 6.70. The molecule has 1 aromatic carbocycles. The maximum Gasteiger partial charge on any atom is 0.191 e. The van der Waals surface area contributed by atoms with Crippen molar-refractivity contribution in [2.24, 2.45) is 4.99 Å². The molecule has 6 nitrogen and oxygen atoms in total. The van der Waals surface area contributed by atoms with Crippen molar-refractivity contribution in [2.45, 2.75) is 25.8 Å². The summed E-state index contributed by atoms with van der Waals surface area (Å²) >= 11 is 3.47. The van der Waals surface area contributed by atoms with Gasteiger partial charge in [0.15, 0.2) is 5.96 Å². The number of hydrogen-bond acceptors (Lipinski definition) is 4. The first-order valence-electron chi connectivity index (χ1n) is 8.60. The van der Waals surface area contributed by atoms with Crippen molar-refractivity contribution in [3.05, 3.63) is 28.7 Å². The topological polar surface area (TPSA) is 73.8 Å². The average Bonchev–Trinajstić information content (AvgIpc) is 3.00. The molecule has 1 aromatic rings. The molecule has 25 heavy (non-hydrogen) atoms. The van der Waals surface area contributed by atoms with Crippen LogP contribution in [-0.2, 0) is 9.84 Å². The number of rotatable bonds is 7. The number of nitrogens with zero attached hydrogens (tertiary/aromatic N) is 2. The number of aliphatic imine (C=N–C) groups is 1. The molecule has 140 valence electrons. The highest BCUT2D eigenvalue weighted by molar-refractivity contribution is 9.10. The van der Waals surface area contributed by atoms with Crippen LogP contribution in [0.3, 0.4) is 0 Å². The van der Waals surface area contributed by atoms with Gasteiger partial charge in [0.25, 0.3) is 0 Å². The lowest BCUT2D eigenvalue weighted by Crippen LogP contribution is -2.44. The number of benzene rings is 1. The van der Waals surface area contributed by atoms with Gasteiger partial charge in [-0.15, -0.1) is 0 Å². The monoisotopic (exact) mass is 430 g/mol. The first-order chi connectivity index (χ1) is 11.9. The third-order valence-electron chi connectivity index (χ3n) is 4.01. The Hall–Kier alpha value is -1.28. The van der Waals surface area contributed by atoms with Gasteiger partial charge in [-0.25, -0.2) is 8.42 Å². The zero-order valence-electron chi connectivity index (χ0n) is 14.8. The van der Waals surface area contributed by atoms with Crippen LogP contribution >= 0.6 is 15.9 Å². The Morgan fingerprint density at radius 1 is 1.36 bits per heavy atom. The molecule has 0 spiro atoms. The predicted molar refractivity (Wildman–Crippen MR) is 108 cm³/mol. The number of hydrogen-bond donors (Lipinski definition) is 2. The molecule has 1 atom stereocenters. The van der Waals surface area contributed by atoms with Crippen molar-refractivity contribution in [1.82, 2.24) is 10.6 Å². The van der Waals surface area contributed by atoms with Gasteiger partial charge < -0.3 is 15.5 Å². The van der Waals surface area contributed by atoms with Crippen LogP contribution in [0.5, 0.6) is 0 Å². The molecule has 1 heterocycles. The molecule has 1 aliphatic heterocycles. The van der Waals surface area contributed by atoms with E-state index in [1.54, 1.807) is 0 Å². The molecule has 0 amide bonds. The molecule has 0 aromatic heterocycles. The number of guanidine groups is 1. The summed E-state index contributed by atoms with van der Waals surface area (Å²) in [7, 11) is -2.92. The van der Waals surface area contributed by atoms with Gasteiger partial charge in [0.1, 0.15) is 9.84 Å². The largest absolute Gasteiger partial charge is 0.369 e. The third-order valence-corrected chi connectivity index (χ3v) is 5.57. The second-order valence-corrected chi connectivity index (χ2v) is 9.47. The Kier molecular flexibility index (Phi) is 7.56. The van der Waals surface area contributed by atoms with E-state index in [0.29, 0.717) is 19.0 Å². The Morgan fingerprint density at radius 3 is 2.72 bits per heavy atom. The Morgan fingerprint density at radius 2 is 2.08 bits per heavy atom. The summed E-state index contributed by atoms with van der Waals surface area (Å²) in [5.74, 6) is 0.940. The van der Waals surface area contributed by atoms with E-state index in [9.17, 15) is 8.42 Å². The fourth-order valence-corrected chi connectivity index (χ4v) is 3.71. The van der Waals surface area contributed by atoms with Gasteiger partial charge in [-0.1, -0.05) is 15.9 Å². The van der Waals surface area contributed by atoms with E-state index in [1.807, 2.05) is 6.92 Å². The highest BCUT2D eigenvalue weighted by Gasteiger charge is 2.23. The molecule has 1 aliphatic rings. The molecule has 1 unspecified atom stereocenters. The van der Waals surface area contributed by atoms with Crippen LogP contribution in [0, 0.1) is 0 Å². The number of nitrogens with one attached hydrogen (secondary N) is 2. The van der Waals surface area contributed by atoms with Crippen molar-refractivity contribution < 1.29 is 8.42 Å². The maximum absolute atomic E-state index is 11.2. The van der Waals surface area contributed by atoms with Gasteiger partial charge in [0.2, 0.25) is 0 Å². The minimum atomic E-state index is -2.92. The summed E-state index contributed by atoms with van der Waals surface area (Å²) in [6.45, 7) is 5.24. The van der Waals surface area contributed by atoms with Crippen LogP contribution in [0.1, 0.15) is 19.8 Å². The Labute approximate surface area is 159 Å². The zero-order valence-corrected chi connectivity index (χ0v) is 17.2. The van der Waals surface area contributed by atoms with Crippen molar-refractivity contribution in [3.8, 4) is 0 Å². The molecule has 0 aliphatic carbocycles. The lowest BCUT2D eigenvalue weighted by molar-refractivity contribution is 0.599. The molecule has 0 saturated carbocycles. The van der Waals surface area contributed by atoms with E-state index >= 15 is 0 Å². The molecular weight excluding hydrogens is 404 g/mol. The van der Waals surface area contributed by atoms with E-state index in [2.05, 4.69) is 60.7 Å². The zero-order chi connectivity index (χ0) is 18.3. The number of sulfone groups is 1. The highest BCUT2D eigenvalue weighted by atomic mass is 79.9. The lowest BCUT2D eigenvalue weighted by Gasteiger charge is -2.20. The van der Waals surface area contributed by atoms with Crippen LogP contribution in [0.15, 0.2) is 33.7 Å². The van der Waals surface area contributed by atoms with Crippen LogP contribution in [0.25, 0.3) is 0 Å². The van der Waals surface area contributed by atoms with Crippen LogP contribution in [0.2, 0.25) is 0 Å².